The number of aryl methyl sites for hydroxylation is 2. The van der Waals surface area contributed by atoms with Crippen molar-refractivity contribution in [2.24, 2.45) is 0 Å². The number of amides is 1. The number of ether oxygens (including phenoxy) is 1. The maximum Gasteiger partial charge on any atom is 0.224 e. The molecular formula is C18H18ClN3O2. The van der Waals surface area contributed by atoms with Gasteiger partial charge in [0.15, 0.2) is 0 Å². The number of halogens is 1. The number of methoxy groups -OCH3 is 1. The zero-order chi connectivity index (χ0) is 17.1. The van der Waals surface area contributed by atoms with Crippen LogP contribution in [-0.2, 0) is 11.2 Å². The highest BCUT2D eigenvalue weighted by Crippen LogP contribution is 2.27. The van der Waals surface area contributed by atoms with Gasteiger partial charge in [0.25, 0.3) is 0 Å². The van der Waals surface area contributed by atoms with E-state index in [1.165, 1.54) is 0 Å². The predicted molar refractivity (Wildman–Crippen MR) is 94.9 cm³/mol. The van der Waals surface area contributed by atoms with E-state index >= 15 is 0 Å². The Balaban J connectivity index is 1.67. The summed E-state index contributed by atoms with van der Waals surface area (Å²) in [5, 5.41) is 3.32. The molecule has 3 aromatic rings. The SMILES string of the molecule is COc1ccc(NC(=O)CCc2c(C)nc3ccccn23)cc1Cl. The van der Waals surface area contributed by atoms with Crippen LogP contribution in [0.5, 0.6) is 5.75 Å². The third-order valence-corrected chi connectivity index (χ3v) is 4.15. The second kappa shape index (κ2) is 6.93. The van der Waals surface area contributed by atoms with Crippen LogP contribution < -0.4 is 10.1 Å². The Bertz CT molecular complexity index is 889. The number of hydrogen-bond donors (Lipinski definition) is 1. The standard InChI is InChI=1S/C18H18ClN3O2/c1-12-15(22-10-4-3-5-17(22)20-12)7-9-18(23)21-13-6-8-16(24-2)14(19)11-13/h3-6,8,10-11H,7,9H2,1-2H3,(H,21,23). The highest BCUT2D eigenvalue weighted by molar-refractivity contribution is 6.32. The summed E-state index contributed by atoms with van der Waals surface area (Å²) in [5.74, 6) is 0.512. The molecule has 2 aromatic heterocycles. The third kappa shape index (κ3) is 3.36. The highest BCUT2D eigenvalue weighted by atomic mass is 35.5. The van der Waals surface area contributed by atoms with E-state index in [1.807, 2.05) is 35.7 Å². The number of fused-ring (bicyclic) bond motifs is 1. The number of nitrogens with zero attached hydrogens (tertiary/aromatic N) is 2. The minimum Gasteiger partial charge on any atom is -0.495 e. The Labute approximate surface area is 145 Å². The molecule has 0 bridgehead atoms. The summed E-state index contributed by atoms with van der Waals surface area (Å²) in [7, 11) is 1.55. The Hall–Kier alpha value is -2.53. The fourth-order valence-electron chi connectivity index (χ4n) is 2.67. The number of nitrogens with one attached hydrogen (secondary N) is 1. The molecule has 0 spiro atoms. The average molecular weight is 344 g/mol. The summed E-state index contributed by atoms with van der Waals surface area (Å²) in [6.07, 6.45) is 2.95. The van der Waals surface area contributed by atoms with Crippen LogP contribution in [0.15, 0.2) is 42.6 Å². The monoisotopic (exact) mass is 343 g/mol. The first-order valence-electron chi connectivity index (χ1n) is 7.64. The number of benzene rings is 1. The second-order valence-corrected chi connectivity index (χ2v) is 5.88. The molecule has 1 aromatic carbocycles. The highest BCUT2D eigenvalue weighted by Gasteiger charge is 2.11. The van der Waals surface area contributed by atoms with Gasteiger partial charge in [0.2, 0.25) is 5.91 Å². The van der Waals surface area contributed by atoms with Crippen LogP contribution in [0.4, 0.5) is 5.69 Å². The van der Waals surface area contributed by atoms with Crippen molar-refractivity contribution in [2.45, 2.75) is 19.8 Å². The molecule has 5 nitrogen and oxygen atoms in total. The van der Waals surface area contributed by atoms with Crippen LogP contribution in [0.1, 0.15) is 17.8 Å². The molecule has 2 heterocycles. The van der Waals surface area contributed by atoms with Crippen LogP contribution in [-0.4, -0.2) is 22.4 Å². The van der Waals surface area contributed by atoms with E-state index in [9.17, 15) is 4.79 Å². The van der Waals surface area contributed by atoms with Crippen molar-refractivity contribution < 1.29 is 9.53 Å². The first-order valence-corrected chi connectivity index (χ1v) is 8.02. The van der Waals surface area contributed by atoms with Crippen molar-refractivity contribution in [3.05, 3.63) is 59.0 Å². The second-order valence-electron chi connectivity index (χ2n) is 5.47. The Morgan fingerprint density at radius 1 is 1.33 bits per heavy atom. The van der Waals surface area contributed by atoms with Gasteiger partial charge < -0.3 is 14.5 Å². The van der Waals surface area contributed by atoms with Crippen LogP contribution in [0.2, 0.25) is 5.02 Å². The first-order chi connectivity index (χ1) is 11.6. The molecule has 6 heteroatoms. The van der Waals surface area contributed by atoms with Crippen LogP contribution in [0, 0.1) is 6.92 Å². The summed E-state index contributed by atoms with van der Waals surface area (Å²) >= 11 is 6.07. The number of pyridine rings is 1. The van der Waals surface area contributed by atoms with Gasteiger partial charge in [-0.2, -0.15) is 0 Å². The Kier molecular flexibility index (Phi) is 4.71. The molecule has 1 amide bonds. The fourth-order valence-corrected chi connectivity index (χ4v) is 2.92. The molecule has 0 aliphatic rings. The maximum atomic E-state index is 12.2. The number of aromatic nitrogens is 2. The van der Waals surface area contributed by atoms with Gasteiger partial charge in [-0.1, -0.05) is 17.7 Å². The van der Waals surface area contributed by atoms with Gasteiger partial charge >= 0.3 is 0 Å². The van der Waals surface area contributed by atoms with Crippen LogP contribution in [0.25, 0.3) is 5.65 Å². The lowest BCUT2D eigenvalue weighted by atomic mass is 10.2. The van der Waals surface area contributed by atoms with E-state index in [4.69, 9.17) is 16.3 Å². The van der Waals surface area contributed by atoms with E-state index in [0.29, 0.717) is 29.3 Å². The van der Waals surface area contributed by atoms with Gasteiger partial charge in [-0.05, 0) is 43.7 Å². The molecular weight excluding hydrogens is 326 g/mol. The van der Waals surface area contributed by atoms with Gasteiger partial charge in [-0.15, -0.1) is 0 Å². The zero-order valence-electron chi connectivity index (χ0n) is 13.5. The summed E-state index contributed by atoms with van der Waals surface area (Å²) in [6, 6.07) is 11.0. The lowest BCUT2D eigenvalue weighted by Crippen LogP contribution is -2.13. The summed E-state index contributed by atoms with van der Waals surface area (Å²) in [5.41, 5.74) is 3.54. The minimum atomic E-state index is -0.0680. The van der Waals surface area contributed by atoms with Crippen LogP contribution >= 0.6 is 11.6 Å². The fraction of sp³-hybridized carbons (Fsp3) is 0.222. The molecule has 0 fully saturated rings. The molecule has 0 aliphatic carbocycles. The van der Waals surface area contributed by atoms with E-state index < -0.39 is 0 Å². The molecule has 0 saturated carbocycles. The first kappa shape index (κ1) is 16.3. The molecule has 3 rings (SSSR count). The van der Waals surface area contributed by atoms with Crippen molar-refractivity contribution in [3.63, 3.8) is 0 Å². The van der Waals surface area contributed by atoms with E-state index in [1.54, 1.807) is 25.3 Å². The summed E-state index contributed by atoms with van der Waals surface area (Å²) < 4.78 is 7.12. The van der Waals surface area contributed by atoms with Gasteiger partial charge in [0.1, 0.15) is 11.4 Å². The largest absolute Gasteiger partial charge is 0.495 e. The average Bonchev–Trinajstić information content (AvgIpc) is 2.88. The quantitative estimate of drug-likeness (QED) is 0.765. The van der Waals surface area contributed by atoms with Crippen molar-refractivity contribution in [3.8, 4) is 5.75 Å². The number of anilines is 1. The topological polar surface area (TPSA) is 55.6 Å². The molecule has 0 unspecified atom stereocenters. The smallest absolute Gasteiger partial charge is 0.224 e. The lowest BCUT2D eigenvalue weighted by molar-refractivity contribution is -0.116. The van der Waals surface area contributed by atoms with Crippen molar-refractivity contribution in [1.82, 2.24) is 9.38 Å². The molecule has 1 N–H and O–H groups in total. The molecule has 124 valence electrons. The normalized spacial score (nSPS) is 10.8. The Morgan fingerprint density at radius 2 is 2.17 bits per heavy atom. The maximum absolute atomic E-state index is 12.2. The van der Waals surface area contributed by atoms with E-state index in [-0.39, 0.29) is 5.91 Å². The van der Waals surface area contributed by atoms with Gasteiger partial charge in [0.05, 0.1) is 17.8 Å². The lowest BCUT2D eigenvalue weighted by Gasteiger charge is -2.08. The molecule has 24 heavy (non-hydrogen) atoms. The number of carbonyl (C=O) groups excluding carboxylic acids is 1. The van der Waals surface area contributed by atoms with E-state index in [2.05, 4.69) is 10.3 Å². The number of hydrogen-bond acceptors (Lipinski definition) is 3. The molecule has 0 saturated heterocycles. The minimum absolute atomic E-state index is 0.0680. The number of imidazole rings is 1. The Morgan fingerprint density at radius 3 is 2.92 bits per heavy atom. The molecule has 0 atom stereocenters. The van der Waals surface area contributed by atoms with E-state index in [0.717, 1.165) is 17.0 Å². The zero-order valence-corrected chi connectivity index (χ0v) is 14.3. The summed E-state index contributed by atoms with van der Waals surface area (Å²) in [4.78, 5) is 16.7. The van der Waals surface area contributed by atoms with Crippen molar-refractivity contribution in [1.29, 1.82) is 0 Å². The number of carbonyl (C=O) groups is 1. The predicted octanol–water partition coefficient (Wildman–Crippen LogP) is 3.88. The summed E-state index contributed by atoms with van der Waals surface area (Å²) in [6.45, 7) is 1.96. The third-order valence-electron chi connectivity index (χ3n) is 3.85. The number of rotatable bonds is 5. The van der Waals surface area contributed by atoms with Gasteiger partial charge in [0, 0.05) is 24.0 Å². The van der Waals surface area contributed by atoms with Gasteiger partial charge in [-0.25, -0.2) is 4.98 Å². The van der Waals surface area contributed by atoms with Crippen LogP contribution in [0.3, 0.4) is 0 Å². The van der Waals surface area contributed by atoms with Crippen molar-refractivity contribution >= 4 is 28.8 Å². The molecule has 0 radical (unpaired) electrons. The molecule has 0 aliphatic heterocycles. The van der Waals surface area contributed by atoms with Crippen molar-refractivity contribution in [2.75, 3.05) is 12.4 Å². The van der Waals surface area contributed by atoms with Gasteiger partial charge in [-0.3, -0.25) is 4.79 Å².